The Morgan fingerprint density at radius 2 is 0.617 bits per heavy atom. The van der Waals surface area contributed by atoms with Crippen LogP contribution in [0.1, 0.15) is 418 Å². The van der Waals surface area contributed by atoms with Crippen LogP contribution in [0.15, 0.2) is 24.3 Å². The van der Waals surface area contributed by atoms with E-state index in [9.17, 15) is 19.8 Å². The number of carbonyl (C=O) groups is 2. The van der Waals surface area contributed by atoms with E-state index in [4.69, 9.17) is 4.74 Å². The second kappa shape index (κ2) is 70.8. The lowest BCUT2D eigenvalue weighted by atomic mass is 10.0. The third-order valence-corrected chi connectivity index (χ3v) is 17.5. The highest BCUT2D eigenvalue weighted by molar-refractivity contribution is 5.76. The Morgan fingerprint density at radius 1 is 0.346 bits per heavy atom. The first-order chi connectivity index (χ1) is 40.0. The Labute approximate surface area is 507 Å². The van der Waals surface area contributed by atoms with E-state index in [1.807, 2.05) is 0 Å². The number of aliphatic hydroxyl groups excluding tert-OH is 2. The maximum Gasteiger partial charge on any atom is 0.305 e. The summed E-state index contributed by atoms with van der Waals surface area (Å²) in [5.74, 6) is -0.0130. The number of amides is 1. The first-order valence-electron chi connectivity index (χ1n) is 37.1. The first-order valence-corrected chi connectivity index (χ1v) is 37.1. The fourth-order valence-electron chi connectivity index (χ4n) is 11.9. The van der Waals surface area contributed by atoms with Gasteiger partial charge in [-0.05, 0) is 57.8 Å². The van der Waals surface area contributed by atoms with Crippen molar-refractivity contribution in [3.8, 4) is 0 Å². The van der Waals surface area contributed by atoms with Gasteiger partial charge in [-0.3, -0.25) is 9.59 Å². The highest BCUT2D eigenvalue weighted by Gasteiger charge is 2.20. The molecule has 0 aliphatic heterocycles. The monoisotopic (exact) mass is 1140 g/mol. The number of ether oxygens (including phenoxy) is 1. The topological polar surface area (TPSA) is 95.9 Å². The summed E-state index contributed by atoms with van der Waals surface area (Å²) >= 11 is 0. The van der Waals surface area contributed by atoms with E-state index < -0.39 is 12.1 Å². The van der Waals surface area contributed by atoms with Crippen molar-refractivity contribution >= 4 is 11.9 Å². The third kappa shape index (κ3) is 67.3. The molecule has 0 rings (SSSR count). The summed E-state index contributed by atoms with van der Waals surface area (Å²) < 4.78 is 5.50. The SMILES string of the molecule is CCCCC/C=C\C/C=C\CCCCCCCCCC(=O)OCCCCCCCCCCCCCCCCCCCCCCCCCCCCCCCCCCC(=O)NC(CO)C(O)CCCCCCCCCCCCCCCCC. The van der Waals surface area contributed by atoms with Gasteiger partial charge in [0.2, 0.25) is 5.91 Å². The molecule has 2 atom stereocenters. The molecule has 0 heterocycles. The lowest BCUT2D eigenvalue weighted by Crippen LogP contribution is -2.45. The number of allylic oxidation sites excluding steroid dienone is 4. The van der Waals surface area contributed by atoms with Crippen LogP contribution in [0.2, 0.25) is 0 Å². The molecule has 0 bridgehead atoms. The maximum absolute atomic E-state index is 12.5. The van der Waals surface area contributed by atoms with Crippen LogP contribution in [0.3, 0.4) is 0 Å². The Hall–Kier alpha value is -1.66. The van der Waals surface area contributed by atoms with Crippen molar-refractivity contribution in [3.05, 3.63) is 24.3 Å². The summed E-state index contributed by atoms with van der Waals surface area (Å²) in [5.41, 5.74) is 0. The van der Waals surface area contributed by atoms with Gasteiger partial charge in [0.25, 0.3) is 0 Å². The average Bonchev–Trinajstić information content (AvgIpc) is 3.47. The van der Waals surface area contributed by atoms with Gasteiger partial charge < -0.3 is 20.3 Å². The van der Waals surface area contributed by atoms with Crippen molar-refractivity contribution in [3.63, 3.8) is 0 Å². The molecule has 0 aliphatic rings. The molecular formula is C75H145NO5. The molecule has 81 heavy (non-hydrogen) atoms. The van der Waals surface area contributed by atoms with Crippen LogP contribution in [-0.4, -0.2) is 47.4 Å². The van der Waals surface area contributed by atoms with E-state index in [1.165, 1.54) is 334 Å². The van der Waals surface area contributed by atoms with Gasteiger partial charge in [0.1, 0.15) is 0 Å². The van der Waals surface area contributed by atoms with E-state index in [2.05, 4.69) is 43.5 Å². The Balaban J connectivity index is 3.31. The molecule has 480 valence electrons. The van der Waals surface area contributed by atoms with Gasteiger partial charge in [-0.2, -0.15) is 0 Å². The minimum Gasteiger partial charge on any atom is -0.466 e. The number of aliphatic hydroxyl groups is 2. The van der Waals surface area contributed by atoms with Crippen molar-refractivity contribution in [1.29, 1.82) is 0 Å². The van der Waals surface area contributed by atoms with Crippen molar-refractivity contribution in [2.75, 3.05) is 13.2 Å². The van der Waals surface area contributed by atoms with Crippen LogP contribution in [0.4, 0.5) is 0 Å². The van der Waals surface area contributed by atoms with Crippen molar-refractivity contribution in [2.45, 2.75) is 431 Å². The number of nitrogens with one attached hydrogen (secondary N) is 1. The first kappa shape index (κ1) is 79.3. The van der Waals surface area contributed by atoms with Crippen molar-refractivity contribution in [2.24, 2.45) is 0 Å². The van der Waals surface area contributed by atoms with Gasteiger partial charge in [0.15, 0.2) is 0 Å². The molecule has 0 radical (unpaired) electrons. The van der Waals surface area contributed by atoms with Gasteiger partial charge >= 0.3 is 5.97 Å². The summed E-state index contributed by atoms with van der Waals surface area (Å²) in [4.78, 5) is 24.6. The molecule has 0 spiro atoms. The highest BCUT2D eigenvalue weighted by atomic mass is 16.5. The minimum atomic E-state index is -0.660. The van der Waals surface area contributed by atoms with E-state index in [0.717, 1.165) is 51.4 Å². The van der Waals surface area contributed by atoms with Crippen molar-refractivity contribution < 1.29 is 24.5 Å². The van der Waals surface area contributed by atoms with Crippen LogP contribution in [0.5, 0.6) is 0 Å². The summed E-state index contributed by atoms with van der Waals surface area (Å²) in [5, 5.41) is 23.3. The smallest absolute Gasteiger partial charge is 0.305 e. The zero-order valence-electron chi connectivity index (χ0n) is 55.0. The molecular weight excluding hydrogens is 995 g/mol. The Morgan fingerprint density at radius 3 is 0.963 bits per heavy atom. The Kier molecular flexibility index (Phi) is 69.4. The molecule has 0 aromatic rings. The Bertz CT molecular complexity index is 1270. The molecule has 0 aromatic heterocycles. The van der Waals surface area contributed by atoms with Gasteiger partial charge in [0, 0.05) is 12.8 Å². The predicted octanol–water partition coefficient (Wildman–Crippen LogP) is 24.1. The van der Waals surface area contributed by atoms with Crippen LogP contribution >= 0.6 is 0 Å². The lowest BCUT2D eigenvalue weighted by molar-refractivity contribution is -0.143. The lowest BCUT2D eigenvalue weighted by Gasteiger charge is -2.22. The van der Waals surface area contributed by atoms with Crippen LogP contribution < -0.4 is 5.32 Å². The number of carbonyl (C=O) groups excluding carboxylic acids is 2. The predicted molar refractivity (Wildman–Crippen MR) is 356 cm³/mol. The molecule has 0 fully saturated rings. The molecule has 1 amide bonds. The van der Waals surface area contributed by atoms with Gasteiger partial charge in [0.05, 0.1) is 25.4 Å². The van der Waals surface area contributed by atoms with Gasteiger partial charge in [-0.25, -0.2) is 0 Å². The molecule has 0 aromatic carbocycles. The van der Waals surface area contributed by atoms with Crippen LogP contribution in [0, 0.1) is 0 Å². The number of hydrogen-bond acceptors (Lipinski definition) is 5. The molecule has 0 aliphatic carbocycles. The van der Waals surface area contributed by atoms with Crippen molar-refractivity contribution in [1.82, 2.24) is 5.32 Å². The number of unbranched alkanes of at least 4 members (excludes halogenated alkanes) is 55. The largest absolute Gasteiger partial charge is 0.466 e. The fourth-order valence-corrected chi connectivity index (χ4v) is 11.9. The molecule has 3 N–H and O–H groups in total. The van der Waals surface area contributed by atoms with Crippen LogP contribution in [0.25, 0.3) is 0 Å². The molecule has 6 heteroatoms. The van der Waals surface area contributed by atoms with E-state index in [1.54, 1.807) is 0 Å². The third-order valence-electron chi connectivity index (χ3n) is 17.5. The maximum atomic E-state index is 12.5. The number of hydrogen-bond donors (Lipinski definition) is 3. The van der Waals surface area contributed by atoms with E-state index in [-0.39, 0.29) is 18.5 Å². The summed E-state index contributed by atoms with van der Waals surface area (Å²) in [6.07, 6.45) is 89.6. The fraction of sp³-hybridized carbons (Fsp3) is 0.920. The highest BCUT2D eigenvalue weighted by Crippen LogP contribution is 2.20. The molecule has 6 nitrogen and oxygen atoms in total. The van der Waals surface area contributed by atoms with E-state index >= 15 is 0 Å². The van der Waals surface area contributed by atoms with Crippen LogP contribution in [-0.2, 0) is 14.3 Å². The second-order valence-electron chi connectivity index (χ2n) is 25.6. The summed E-state index contributed by atoms with van der Waals surface area (Å²) in [6.45, 7) is 4.96. The molecule has 2 unspecified atom stereocenters. The van der Waals surface area contributed by atoms with E-state index in [0.29, 0.717) is 25.9 Å². The zero-order valence-corrected chi connectivity index (χ0v) is 55.0. The quantitative estimate of drug-likeness (QED) is 0.0320. The number of rotatable bonds is 70. The normalized spacial score (nSPS) is 12.6. The summed E-state index contributed by atoms with van der Waals surface area (Å²) in [6, 6.07) is -0.537. The van der Waals surface area contributed by atoms with Gasteiger partial charge in [-0.1, -0.05) is 372 Å². The minimum absolute atomic E-state index is 0.0142. The van der Waals surface area contributed by atoms with Gasteiger partial charge in [-0.15, -0.1) is 0 Å². The summed E-state index contributed by atoms with van der Waals surface area (Å²) in [7, 11) is 0. The second-order valence-corrected chi connectivity index (χ2v) is 25.6. The zero-order chi connectivity index (χ0) is 58.5. The molecule has 0 saturated carbocycles. The standard InChI is InChI=1S/C75H145NO5/c1-3-5-7-9-11-13-15-17-19-36-41-45-49-53-57-61-65-69-75(80)81-70-66-62-58-54-50-46-42-38-35-33-31-29-27-25-23-21-20-22-24-26-28-30-32-34-37-40-44-48-52-56-60-64-68-74(79)76-72(71-77)73(78)67-63-59-55-51-47-43-39-18-16-14-12-10-8-6-4-2/h11,13,17,19,72-73,77-78H,3-10,12,14-16,18,20-71H2,1-2H3,(H,76,79)/b13-11-,19-17-. The number of esters is 1. The average molecular weight is 1140 g/mol. The molecule has 0 saturated heterocycles.